The van der Waals surface area contributed by atoms with Crippen LogP contribution < -0.4 is 5.49 Å². The van der Waals surface area contributed by atoms with Crippen LogP contribution in [0.1, 0.15) is 11.1 Å². The maximum atomic E-state index is 13.9. The quantitative estimate of drug-likeness (QED) is 0.604. The SMILES string of the molecule is Cc1ccccc1-c1nc2c([nH]1)c(=N)ncn2Cc1ccncc1F. The summed E-state index contributed by atoms with van der Waals surface area (Å²) in [5.74, 6) is 0.284. The maximum absolute atomic E-state index is 13.9. The van der Waals surface area contributed by atoms with Gasteiger partial charge in [0, 0.05) is 17.3 Å². The van der Waals surface area contributed by atoms with Crippen molar-refractivity contribution in [3.8, 4) is 11.4 Å². The molecule has 0 aliphatic carbocycles. The van der Waals surface area contributed by atoms with Crippen molar-refractivity contribution in [2.45, 2.75) is 13.5 Å². The third-order valence-electron chi connectivity index (χ3n) is 4.12. The Bertz CT molecular complexity index is 1130. The zero-order chi connectivity index (χ0) is 17.4. The molecule has 0 saturated carbocycles. The van der Waals surface area contributed by atoms with Gasteiger partial charge in [-0.05, 0) is 18.6 Å². The van der Waals surface area contributed by atoms with Crippen LogP contribution in [0, 0.1) is 18.2 Å². The average Bonchev–Trinajstić information content (AvgIpc) is 3.06. The van der Waals surface area contributed by atoms with Crippen LogP contribution >= 0.6 is 0 Å². The number of hydrogen-bond acceptors (Lipinski definition) is 4. The molecular formula is C18H15FN6. The van der Waals surface area contributed by atoms with Gasteiger partial charge < -0.3 is 9.55 Å². The van der Waals surface area contributed by atoms with E-state index in [9.17, 15) is 4.39 Å². The first kappa shape index (κ1) is 15.2. The van der Waals surface area contributed by atoms with Gasteiger partial charge in [0.1, 0.15) is 17.2 Å². The second-order valence-corrected chi connectivity index (χ2v) is 5.79. The minimum absolute atomic E-state index is 0.105. The van der Waals surface area contributed by atoms with Crippen molar-refractivity contribution in [1.82, 2.24) is 24.5 Å². The number of pyridine rings is 1. The first-order chi connectivity index (χ1) is 12.1. The van der Waals surface area contributed by atoms with E-state index in [1.165, 1.54) is 12.5 Å². The average molecular weight is 334 g/mol. The number of halogens is 1. The van der Waals surface area contributed by atoms with E-state index in [0.717, 1.165) is 11.1 Å². The van der Waals surface area contributed by atoms with Crippen molar-refractivity contribution in [3.05, 3.63) is 71.5 Å². The lowest BCUT2D eigenvalue weighted by molar-refractivity contribution is 0.593. The minimum Gasteiger partial charge on any atom is -0.334 e. The summed E-state index contributed by atoms with van der Waals surface area (Å²) in [6.45, 7) is 2.26. The van der Waals surface area contributed by atoms with Crippen molar-refractivity contribution in [3.63, 3.8) is 0 Å². The zero-order valence-electron chi connectivity index (χ0n) is 13.5. The summed E-state index contributed by atoms with van der Waals surface area (Å²) in [5.41, 5.74) is 3.72. The molecule has 0 radical (unpaired) electrons. The van der Waals surface area contributed by atoms with Crippen LogP contribution in [0.2, 0.25) is 0 Å². The lowest BCUT2D eigenvalue weighted by Gasteiger charge is -2.07. The Labute approximate surface area is 142 Å². The molecule has 2 N–H and O–H groups in total. The lowest BCUT2D eigenvalue weighted by atomic mass is 10.1. The van der Waals surface area contributed by atoms with E-state index in [-0.39, 0.29) is 17.8 Å². The molecule has 0 unspecified atom stereocenters. The standard InChI is InChI=1S/C18H15FN6/c1-11-4-2-3-5-13(11)17-23-15-16(20)22-10-25(18(15)24-17)9-12-6-7-21-8-14(12)19/h2-8,10,20H,9H2,1H3,(H,23,24). The van der Waals surface area contributed by atoms with Gasteiger partial charge in [-0.3, -0.25) is 10.4 Å². The largest absolute Gasteiger partial charge is 0.334 e. The van der Waals surface area contributed by atoms with Crippen LogP contribution in [0.5, 0.6) is 0 Å². The predicted molar refractivity (Wildman–Crippen MR) is 91.2 cm³/mol. The van der Waals surface area contributed by atoms with Gasteiger partial charge in [0.05, 0.1) is 19.1 Å². The van der Waals surface area contributed by atoms with Crippen LogP contribution in [0.3, 0.4) is 0 Å². The second-order valence-electron chi connectivity index (χ2n) is 5.79. The number of aryl methyl sites for hydroxylation is 1. The monoisotopic (exact) mass is 334 g/mol. The molecule has 25 heavy (non-hydrogen) atoms. The molecule has 0 bridgehead atoms. The normalized spacial score (nSPS) is 11.1. The Balaban J connectivity index is 1.87. The summed E-state index contributed by atoms with van der Waals surface area (Å²) in [5, 5.41) is 8.03. The Kier molecular flexibility index (Phi) is 3.61. The third-order valence-corrected chi connectivity index (χ3v) is 4.12. The first-order valence-corrected chi connectivity index (χ1v) is 7.77. The van der Waals surface area contributed by atoms with Gasteiger partial charge in [-0.25, -0.2) is 14.4 Å². The molecule has 0 aliphatic rings. The Hall–Kier alpha value is -3.35. The molecule has 7 heteroatoms. The molecule has 0 atom stereocenters. The smallest absolute Gasteiger partial charge is 0.173 e. The number of nitrogens with zero attached hydrogens (tertiary/aromatic N) is 4. The highest BCUT2D eigenvalue weighted by Gasteiger charge is 2.13. The Morgan fingerprint density at radius 2 is 2.08 bits per heavy atom. The van der Waals surface area contributed by atoms with Crippen molar-refractivity contribution >= 4 is 11.2 Å². The Morgan fingerprint density at radius 1 is 1.24 bits per heavy atom. The van der Waals surface area contributed by atoms with Crippen LogP contribution in [-0.4, -0.2) is 24.5 Å². The van der Waals surface area contributed by atoms with Gasteiger partial charge in [-0.15, -0.1) is 0 Å². The molecule has 0 saturated heterocycles. The third kappa shape index (κ3) is 2.69. The van der Waals surface area contributed by atoms with Crippen LogP contribution in [-0.2, 0) is 6.54 Å². The van der Waals surface area contributed by atoms with Crippen molar-refractivity contribution in [2.24, 2.45) is 0 Å². The van der Waals surface area contributed by atoms with E-state index in [0.29, 0.717) is 22.6 Å². The second kappa shape index (κ2) is 5.94. The fourth-order valence-electron chi connectivity index (χ4n) is 2.78. The van der Waals surface area contributed by atoms with E-state index in [2.05, 4.69) is 19.9 Å². The predicted octanol–water partition coefficient (Wildman–Crippen LogP) is 2.80. The highest BCUT2D eigenvalue weighted by atomic mass is 19.1. The first-order valence-electron chi connectivity index (χ1n) is 7.77. The number of H-pyrrole nitrogens is 1. The molecule has 1 aromatic carbocycles. The van der Waals surface area contributed by atoms with Gasteiger partial charge in [0.25, 0.3) is 0 Å². The van der Waals surface area contributed by atoms with Gasteiger partial charge in [-0.1, -0.05) is 24.3 Å². The molecule has 3 aromatic heterocycles. The van der Waals surface area contributed by atoms with E-state index >= 15 is 0 Å². The number of aromatic nitrogens is 5. The summed E-state index contributed by atoms with van der Waals surface area (Å²) in [4.78, 5) is 15.7. The van der Waals surface area contributed by atoms with Crippen molar-refractivity contribution in [2.75, 3.05) is 0 Å². The van der Waals surface area contributed by atoms with E-state index in [1.54, 1.807) is 16.8 Å². The molecule has 4 aromatic rings. The Morgan fingerprint density at radius 3 is 2.88 bits per heavy atom. The number of hydrogen-bond donors (Lipinski definition) is 2. The number of fused-ring (bicyclic) bond motifs is 1. The molecule has 6 nitrogen and oxygen atoms in total. The van der Waals surface area contributed by atoms with E-state index in [1.807, 2.05) is 31.2 Å². The topological polar surface area (TPSA) is 83.2 Å². The summed E-state index contributed by atoms with van der Waals surface area (Å²) in [7, 11) is 0. The zero-order valence-corrected chi connectivity index (χ0v) is 13.5. The number of benzene rings is 1. The van der Waals surface area contributed by atoms with Crippen molar-refractivity contribution < 1.29 is 4.39 Å². The number of rotatable bonds is 3. The van der Waals surface area contributed by atoms with E-state index < -0.39 is 0 Å². The fourth-order valence-corrected chi connectivity index (χ4v) is 2.78. The molecule has 4 rings (SSSR count). The van der Waals surface area contributed by atoms with Crippen LogP contribution in [0.4, 0.5) is 4.39 Å². The van der Waals surface area contributed by atoms with Crippen LogP contribution in [0.15, 0.2) is 49.1 Å². The highest BCUT2D eigenvalue weighted by molar-refractivity contribution is 5.76. The highest BCUT2D eigenvalue weighted by Crippen LogP contribution is 2.22. The molecule has 3 heterocycles. The molecule has 0 amide bonds. The molecule has 0 spiro atoms. The number of aromatic amines is 1. The summed E-state index contributed by atoms with van der Waals surface area (Å²) in [6.07, 6.45) is 4.24. The minimum atomic E-state index is -0.382. The number of imidazole rings is 1. The summed E-state index contributed by atoms with van der Waals surface area (Å²) < 4.78 is 15.6. The van der Waals surface area contributed by atoms with Crippen LogP contribution in [0.25, 0.3) is 22.6 Å². The molecule has 124 valence electrons. The van der Waals surface area contributed by atoms with Crippen molar-refractivity contribution in [1.29, 1.82) is 5.41 Å². The number of nitrogens with one attached hydrogen (secondary N) is 2. The molecule has 0 fully saturated rings. The van der Waals surface area contributed by atoms with Gasteiger partial charge in [0.2, 0.25) is 0 Å². The fraction of sp³-hybridized carbons (Fsp3) is 0.111. The van der Waals surface area contributed by atoms with Gasteiger partial charge in [0.15, 0.2) is 11.1 Å². The molecular weight excluding hydrogens is 319 g/mol. The maximum Gasteiger partial charge on any atom is 0.173 e. The summed E-state index contributed by atoms with van der Waals surface area (Å²) >= 11 is 0. The van der Waals surface area contributed by atoms with Gasteiger partial charge in [-0.2, -0.15) is 0 Å². The summed E-state index contributed by atoms with van der Waals surface area (Å²) in [6, 6.07) is 9.50. The molecule has 0 aliphatic heterocycles. The van der Waals surface area contributed by atoms with E-state index in [4.69, 9.17) is 5.41 Å². The lowest BCUT2D eigenvalue weighted by Crippen LogP contribution is -2.13. The van der Waals surface area contributed by atoms with Gasteiger partial charge >= 0.3 is 0 Å².